The molecule has 1 amide bonds. The Balaban J connectivity index is 1.60. The van der Waals surface area contributed by atoms with Gasteiger partial charge < -0.3 is 19.4 Å². The number of hydrogen-bond donors (Lipinski definition) is 1. The summed E-state index contributed by atoms with van der Waals surface area (Å²) in [5.74, 6) is 2.58. The van der Waals surface area contributed by atoms with Crippen LogP contribution >= 0.6 is 11.8 Å². The van der Waals surface area contributed by atoms with Crippen molar-refractivity contribution in [2.75, 3.05) is 26.5 Å². The Morgan fingerprint density at radius 1 is 1.22 bits per heavy atom. The fourth-order valence-electron chi connectivity index (χ4n) is 3.56. The molecule has 4 rings (SSSR count). The van der Waals surface area contributed by atoms with Gasteiger partial charge >= 0.3 is 0 Å². The van der Waals surface area contributed by atoms with Crippen LogP contribution in [-0.2, 0) is 11.2 Å². The Kier molecular flexibility index (Phi) is 4.99. The molecule has 0 saturated carbocycles. The second-order valence-electron chi connectivity index (χ2n) is 6.45. The number of para-hydroxylation sites is 1. The van der Waals surface area contributed by atoms with E-state index in [4.69, 9.17) is 9.47 Å². The summed E-state index contributed by atoms with van der Waals surface area (Å²) in [5, 5.41) is 1.04. The lowest BCUT2D eigenvalue weighted by Crippen LogP contribution is -2.31. The molecule has 1 saturated heterocycles. The van der Waals surface area contributed by atoms with Crippen LogP contribution in [0.25, 0.3) is 10.9 Å². The minimum atomic E-state index is -0.0623. The lowest BCUT2D eigenvalue weighted by Gasteiger charge is -2.26. The number of amides is 1. The molecule has 1 aromatic heterocycles. The number of benzene rings is 2. The molecule has 3 aromatic rings. The number of fused-ring (bicyclic) bond motifs is 1. The van der Waals surface area contributed by atoms with Crippen molar-refractivity contribution >= 4 is 28.6 Å². The number of rotatable bonds is 5. The quantitative estimate of drug-likeness (QED) is 0.725. The van der Waals surface area contributed by atoms with Crippen LogP contribution in [0.2, 0.25) is 0 Å². The van der Waals surface area contributed by atoms with Crippen molar-refractivity contribution in [3.63, 3.8) is 0 Å². The number of nitrogens with zero attached hydrogens (tertiary/aromatic N) is 1. The minimum absolute atomic E-state index is 0.0623. The van der Waals surface area contributed by atoms with Crippen LogP contribution in [0.3, 0.4) is 0 Å². The van der Waals surface area contributed by atoms with E-state index < -0.39 is 0 Å². The molecule has 5 nitrogen and oxygen atoms in total. The van der Waals surface area contributed by atoms with E-state index in [0.717, 1.165) is 45.8 Å². The number of H-pyrrole nitrogens is 1. The Labute approximate surface area is 162 Å². The highest BCUT2D eigenvalue weighted by atomic mass is 32.2. The van der Waals surface area contributed by atoms with Crippen molar-refractivity contribution in [2.24, 2.45) is 0 Å². The summed E-state index contributed by atoms with van der Waals surface area (Å²) in [7, 11) is 3.30. The fourth-order valence-corrected chi connectivity index (χ4v) is 4.85. The number of nitrogens with one attached hydrogen (secondary N) is 1. The summed E-state index contributed by atoms with van der Waals surface area (Å²) in [6, 6.07) is 13.8. The molecular formula is C21H22N2O3S. The number of hydrogen-bond acceptors (Lipinski definition) is 4. The van der Waals surface area contributed by atoms with E-state index in [0.29, 0.717) is 6.42 Å². The monoisotopic (exact) mass is 382 g/mol. The number of thioether (sulfide) groups is 1. The van der Waals surface area contributed by atoms with Crippen LogP contribution in [0.1, 0.15) is 16.5 Å². The highest BCUT2D eigenvalue weighted by molar-refractivity contribution is 7.99. The fraction of sp³-hybridized carbons (Fsp3) is 0.286. The number of methoxy groups -OCH3 is 2. The van der Waals surface area contributed by atoms with Gasteiger partial charge in [-0.15, -0.1) is 11.8 Å². The van der Waals surface area contributed by atoms with Crippen LogP contribution in [-0.4, -0.2) is 42.3 Å². The average Bonchev–Trinajstić information content (AvgIpc) is 3.35. The second kappa shape index (κ2) is 7.56. The van der Waals surface area contributed by atoms with Crippen LogP contribution in [0.5, 0.6) is 11.5 Å². The zero-order chi connectivity index (χ0) is 18.8. The first kappa shape index (κ1) is 17.8. The number of carbonyl (C=O) groups excluding carboxylic acids is 1. The molecule has 6 heteroatoms. The summed E-state index contributed by atoms with van der Waals surface area (Å²) in [5.41, 5.74) is 3.07. The molecule has 1 fully saturated rings. The first-order valence-electron chi connectivity index (χ1n) is 8.89. The van der Waals surface area contributed by atoms with Crippen molar-refractivity contribution in [3.8, 4) is 11.5 Å². The molecule has 1 aliphatic heterocycles. The van der Waals surface area contributed by atoms with Crippen molar-refractivity contribution in [3.05, 3.63) is 59.8 Å². The lowest BCUT2D eigenvalue weighted by molar-refractivity contribution is -0.130. The minimum Gasteiger partial charge on any atom is -0.497 e. The topological polar surface area (TPSA) is 54.6 Å². The van der Waals surface area contributed by atoms with Gasteiger partial charge in [-0.25, -0.2) is 0 Å². The van der Waals surface area contributed by atoms with Gasteiger partial charge in [-0.3, -0.25) is 4.79 Å². The zero-order valence-electron chi connectivity index (χ0n) is 15.4. The van der Waals surface area contributed by atoms with Gasteiger partial charge in [-0.05, 0) is 29.8 Å². The lowest BCUT2D eigenvalue weighted by atomic mass is 10.1. The van der Waals surface area contributed by atoms with Gasteiger partial charge in [-0.1, -0.05) is 18.2 Å². The van der Waals surface area contributed by atoms with Gasteiger partial charge in [0.15, 0.2) is 0 Å². The molecule has 1 aliphatic rings. The van der Waals surface area contributed by atoms with Crippen molar-refractivity contribution in [1.29, 1.82) is 0 Å². The van der Waals surface area contributed by atoms with Gasteiger partial charge in [0.25, 0.3) is 0 Å². The molecule has 2 aromatic carbocycles. The van der Waals surface area contributed by atoms with Crippen LogP contribution < -0.4 is 9.47 Å². The molecule has 1 atom stereocenters. The second-order valence-corrected chi connectivity index (χ2v) is 7.64. The molecule has 0 radical (unpaired) electrons. The van der Waals surface area contributed by atoms with E-state index >= 15 is 0 Å². The van der Waals surface area contributed by atoms with Gasteiger partial charge in [-0.2, -0.15) is 0 Å². The van der Waals surface area contributed by atoms with Crippen molar-refractivity contribution in [2.45, 2.75) is 11.8 Å². The summed E-state index contributed by atoms with van der Waals surface area (Å²) < 4.78 is 10.9. The van der Waals surface area contributed by atoms with E-state index in [-0.39, 0.29) is 11.3 Å². The summed E-state index contributed by atoms with van der Waals surface area (Å²) in [6.07, 6.45) is 2.32. The normalized spacial score (nSPS) is 16.7. The van der Waals surface area contributed by atoms with E-state index in [2.05, 4.69) is 11.1 Å². The van der Waals surface area contributed by atoms with E-state index in [1.807, 2.05) is 47.5 Å². The molecule has 2 heterocycles. The molecular weight excluding hydrogens is 360 g/mol. The Morgan fingerprint density at radius 3 is 2.89 bits per heavy atom. The maximum atomic E-state index is 13.1. The Hall–Kier alpha value is -2.60. The third kappa shape index (κ3) is 3.37. The summed E-state index contributed by atoms with van der Waals surface area (Å²) in [6.45, 7) is 0.733. The number of ether oxygens (including phenoxy) is 2. The van der Waals surface area contributed by atoms with Gasteiger partial charge in [0.2, 0.25) is 5.91 Å². The SMILES string of the molecule is COc1ccc(OC)c(C2SCCN2C(=O)Cc2c[nH]c3ccccc23)c1. The van der Waals surface area contributed by atoms with Crippen molar-refractivity contribution < 1.29 is 14.3 Å². The Morgan fingerprint density at radius 2 is 2.07 bits per heavy atom. The third-order valence-electron chi connectivity index (χ3n) is 4.93. The smallest absolute Gasteiger partial charge is 0.228 e. The first-order chi connectivity index (χ1) is 13.2. The first-order valence-corrected chi connectivity index (χ1v) is 9.94. The summed E-state index contributed by atoms with van der Waals surface area (Å²) >= 11 is 1.76. The average molecular weight is 382 g/mol. The predicted octanol–water partition coefficient (Wildman–Crippen LogP) is 4.00. The number of carbonyl (C=O) groups is 1. The number of aromatic nitrogens is 1. The van der Waals surface area contributed by atoms with Gasteiger partial charge in [0.05, 0.1) is 20.6 Å². The van der Waals surface area contributed by atoms with Gasteiger partial charge in [0, 0.05) is 35.0 Å². The van der Waals surface area contributed by atoms with Gasteiger partial charge in [0.1, 0.15) is 16.9 Å². The molecule has 0 bridgehead atoms. The highest BCUT2D eigenvalue weighted by Gasteiger charge is 2.33. The molecule has 140 valence electrons. The van der Waals surface area contributed by atoms with Crippen LogP contribution in [0.15, 0.2) is 48.7 Å². The molecule has 27 heavy (non-hydrogen) atoms. The molecule has 0 spiro atoms. The highest BCUT2D eigenvalue weighted by Crippen LogP contribution is 2.43. The van der Waals surface area contributed by atoms with Crippen molar-refractivity contribution in [1.82, 2.24) is 9.88 Å². The molecule has 1 N–H and O–H groups in total. The standard InChI is InChI=1S/C21H22N2O3S/c1-25-15-7-8-19(26-2)17(12-15)21-23(9-10-27-21)20(24)11-14-13-22-18-6-4-3-5-16(14)18/h3-8,12-13,21-22H,9-11H2,1-2H3. The van der Waals surface area contributed by atoms with Crippen LogP contribution in [0.4, 0.5) is 0 Å². The maximum absolute atomic E-state index is 13.1. The van der Waals surface area contributed by atoms with E-state index in [1.165, 1.54) is 0 Å². The largest absolute Gasteiger partial charge is 0.497 e. The molecule has 0 aliphatic carbocycles. The Bertz CT molecular complexity index is 969. The van der Waals surface area contributed by atoms with Crippen LogP contribution in [0, 0.1) is 0 Å². The van der Waals surface area contributed by atoms with E-state index in [1.54, 1.807) is 26.0 Å². The zero-order valence-corrected chi connectivity index (χ0v) is 16.2. The number of aromatic amines is 1. The maximum Gasteiger partial charge on any atom is 0.228 e. The molecule has 1 unspecified atom stereocenters. The third-order valence-corrected chi connectivity index (χ3v) is 6.17. The predicted molar refractivity (Wildman–Crippen MR) is 108 cm³/mol. The van der Waals surface area contributed by atoms with E-state index in [9.17, 15) is 4.79 Å². The summed E-state index contributed by atoms with van der Waals surface area (Å²) in [4.78, 5) is 18.3.